The summed E-state index contributed by atoms with van der Waals surface area (Å²) < 4.78 is 13.2. The number of likely N-dealkylation sites (N-methyl/N-ethyl adjacent to an activating group) is 1. The van der Waals surface area contributed by atoms with Crippen molar-refractivity contribution in [3.63, 3.8) is 0 Å². The average Bonchev–Trinajstić information content (AvgIpc) is 2.99. The maximum atomic E-state index is 13.2. The Morgan fingerprint density at radius 1 is 1.03 bits per heavy atom. The van der Waals surface area contributed by atoms with Crippen LogP contribution in [0, 0.1) is 5.82 Å². The molecular weight excluding hydrogens is 397 g/mol. The molecule has 3 aromatic carbocycles. The highest BCUT2D eigenvalue weighted by Crippen LogP contribution is 2.31. The van der Waals surface area contributed by atoms with Gasteiger partial charge in [0.05, 0.1) is 0 Å². The normalized spacial score (nSPS) is 18.4. The van der Waals surface area contributed by atoms with E-state index < -0.39 is 35.7 Å². The first-order valence-electron chi connectivity index (χ1n) is 10.0. The molecule has 7 heteroatoms. The molecule has 1 N–H and O–H groups in total. The van der Waals surface area contributed by atoms with Gasteiger partial charge in [-0.3, -0.25) is 14.5 Å². The number of halogens is 1. The molecule has 158 valence electrons. The molecule has 4 rings (SSSR count). The molecule has 0 unspecified atom stereocenters. The number of carbonyl (C=O) groups excluding carboxylic acids is 3. The van der Waals surface area contributed by atoms with Crippen LogP contribution in [0.5, 0.6) is 0 Å². The van der Waals surface area contributed by atoms with Gasteiger partial charge < -0.3 is 10.2 Å². The number of hydrogen-bond donors (Lipinski definition) is 1. The number of hydrogen-bond acceptors (Lipinski definition) is 3. The molecule has 4 amide bonds. The molecule has 0 spiro atoms. The van der Waals surface area contributed by atoms with Crippen molar-refractivity contribution in [2.75, 3.05) is 18.0 Å². The number of fused-ring (bicyclic) bond motifs is 1. The summed E-state index contributed by atoms with van der Waals surface area (Å²) >= 11 is 0. The van der Waals surface area contributed by atoms with E-state index in [9.17, 15) is 18.8 Å². The summed E-state index contributed by atoms with van der Waals surface area (Å²) in [7, 11) is 0. The topological polar surface area (TPSA) is 69.7 Å². The maximum Gasteiger partial charge on any atom is 0.325 e. The van der Waals surface area contributed by atoms with Crippen LogP contribution in [0.25, 0.3) is 10.8 Å². The summed E-state index contributed by atoms with van der Waals surface area (Å²) in [5, 5.41) is 4.71. The Bertz CT molecular complexity index is 1180. The smallest absolute Gasteiger partial charge is 0.319 e. The van der Waals surface area contributed by atoms with E-state index >= 15 is 0 Å². The Balaban J connectivity index is 1.58. The summed E-state index contributed by atoms with van der Waals surface area (Å²) in [6, 6.07) is 18.2. The van der Waals surface area contributed by atoms with Gasteiger partial charge in [-0.1, -0.05) is 36.4 Å². The minimum Gasteiger partial charge on any atom is -0.319 e. The van der Waals surface area contributed by atoms with Crippen LogP contribution in [0.15, 0.2) is 66.7 Å². The molecule has 1 fully saturated rings. The van der Waals surface area contributed by atoms with E-state index in [0.29, 0.717) is 17.8 Å². The highest BCUT2D eigenvalue weighted by Gasteiger charge is 2.49. The largest absolute Gasteiger partial charge is 0.325 e. The molecule has 1 aliphatic rings. The standard InChI is InChI=1S/C24H22FN3O3/c1-3-27(20-12-10-19(25)11-13-20)21(29)15-28-22(30)24(2,26-23(28)31)18-9-8-16-6-4-5-7-17(16)14-18/h4-14H,3,15H2,1-2H3,(H,26,31)/t24-/m1/s1. The minimum absolute atomic E-state index is 0.316. The van der Waals surface area contributed by atoms with Gasteiger partial charge in [0.1, 0.15) is 17.9 Å². The molecule has 1 atom stereocenters. The lowest BCUT2D eigenvalue weighted by atomic mass is 9.90. The van der Waals surface area contributed by atoms with Crippen LogP contribution in [0.4, 0.5) is 14.9 Å². The van der Waals surface area contributed by atoms with E-state index in [2.05, 4.69) is 5.32 Å². The molecule has 3 aromatic rings. The molecule has 1 heterocycles. The zero-order chi connectivity index (χ0) is 22.2. The van der Waals surface area contributed by atoms with Crippen molar-refractivity contribution in [1.29, 1.82) is 0 Å². The van der Waals surface area contributed by atoms with Gasteiger partial charge in [0.25, 0.3) is 5.91 Å². The van der Waals surface area contributed by atoms with E-state index in [1.165, 1.54) is 29.2 Å². The van der Waals surface area contributed by atoms with Crippen LogP contribution in [-0.4, -0.2) is 35.8 Å². The lowest BCUT2D eigenvalue weighted by Gasteiger charge is -2.25. The van der Waals surface area contributed by atoms with Crippen molar-refractivity contribution in [3.05, 3.63) is 78.1 Å². The van der Waals surface area contributed by atoms with E-state index in [0.717, 1.165) is 15.7 Å². The second-order valence-corrected chi connectivity index (χ2v) is 7.62. The predicted molar refractivity (Wildman–Crippen MR) is 116 cm³/mol. The monoisotopic (exact) mass is 419 g/mol. The number of carbonyl (C=O) groups is 3. The first-order valence-corrected chi connectivity index (χ1v) is 10.0. The lowest BCUT2D eigenvalue weighted by molar-refractivity contribution is -0.134. The van der Waals surface area contributed by atoms with Crippen LogP contribution in [0.3, 0.4) is 0 Å². The molecule has 0 radical (unpaired) electrons. The summed E-state index contributed by atoms with van der Waals surface area (Å²) in [4.78, 5) is 41.1. The van der Waals surface area contributed by atoms with Crippen molar-refractivity contribution in [1.82, 2.24) is 10.2 Å². The summed E-state index contributed by atoms with van der Waals surface area (Å²) in [6.07, 6.45) is 0. The van der Waals surface area contributed by atoms with Crippen LogP contribution in [0.2, 0.25) is 0 Å². The van der Waals surface area contributed by atoms with E-state index in [-0.39, 0.29) is 0 Å². The number of amides is 4. The Labute approximate surface area is 179 Å². The molecule has 0 aromatic heterocycles. The average molecular weight is 419 g/mol. The van der Waals surface area contributed by atoms with Crippen LogP contribution in [0.1, 0.15) is 19.4 Å². The summed E-state index contributed by atoms with van der Waals surface area (Å²) in [6.45, 7) is 3.32. The van der Waals surface area contributed by atoms with E-state index in [1.54, 1.807) is 13.8 Å². The number of nitrogens with zero attached hydrogens (tertiary/aromatic N) is 2. The van der Waals surface area contributed by atoms with Crippen molar-refractivity contribution in [3.8, 4) is 0 Å². The van der Waals surface area contributed by atoms with Gasteiger partial charge in [-0.05, 0) is 60.5 Å². The van der Waals surface area contributed by atoms with Gasteiger partial charge in [-0.2, -0.15) is 0 Å². The first-order chi connectivity index (χ1) is 14.8. The lowest BCUT2D eigenvalue weighted by Crippen LogP contribution is -2.44. The van der Waals surface area contributed by atoms with Crippen molar-refractivity contribution < 1.29 is 18.8 Å². The number of urea groups is 1. The number of benzene rings is 3. The molecule has 6 nitrogen and oxygen atoms in total. The van der Waals surface area contributed by atoms with Gasteiger partial charge in [0.15, 0.2) is 0 Å². The molecule has 1 aliphatic heterocycles. The second-order valence-electron chi connectivity index (χ2n) is 7.62. The van der Waals surface area contributed by atoms with Gasteiger partial charge in [-0.25, -0.2) is 9.18 Å². The molecule has 1 saturated heterocycles. The van der Waals surface area contributed by atoms with Crippen molar-refractivity contribution >= 4 is 34.3 Å². The Morgan fingerprint density at radius 2 is 1.71 bits per heavy atom. The third-order valence-electron chi connectivity index (χ3n) is 5.65. The summed E-state index contributed by atoms with van der Waals surface area (Å²) in [5.74, 6) is -1.33. The predicted octanol–water partition coefficient (Wildman–Crippen LogP) is 3.80. The van der Waals surface area contributed by atoms with E-state index in [1.807, 2.05) is 42.5 Å². The molecular formula is C24H22FN3O3. The maximum absolute atomic E-state index is 13.2. The molecule has 0 saturated carbocycles. The number of nitrogens with one attached hydrogen (secondary N) is 1. The quantitative estimate of drug-likeness (QED) is 0.640. The highest BCUT2D eigenvalue weighted by molar-refractivity contribution is 6.10. The Hall–Kier alpha value is -3.74. The SMILES string of the molecule is CCN(C(=O)CN1C(=O)N[C@](C)(c2ccc3ccccc3c2)C1=O)c1ccc(F)cc1. The zero-order valence-electron chi connectivity index (χ0n) is 17.3. The van der Waals surface area contributed by atoms with Gasteiger partial charge in [0, 0.05) is 12.2 Å². The molecule has 0 bridgehead atoms. The molecule has 0 aliphatic carbocycles. The van der Waals surface area contributed by atoms with Crippen LogP contribution in [-0.2, 0) is 15.1 Å². The summed E-state index contributed by atoms with van der Waals surface area (Å²) in [5.41, 5.74) is -0.127. The number of rotatable bonds is 5. The fraction of sp³-hybridized carbons (Fsp3) is 0.208. The van der Waals surface area contributed by atoms with Crippen LogP contribution < -0.4 is 10.2 Å². The highest BCUT2D eigenvalue weighted by atomic mass is 19.1. The van der Waals surface area contributed by atoms with Gasteiger partial charge in [-0.15, -0.1) is 0 Å². The third kappa shape index (κ3) is 3.63. The minimum atomic E-state index is -1.27. The fourth-order valence-electron chi connectivity index (χ4n) is 3.88. The Morgan fingerprint density at radius 3 is 2.39 bits per heavy atom. The van der Waals surface area contributed by atoms with Gasteiger partial charge in [0.2, 0.25) is 5.91 Å². The fourth-order valence-corrected chi connectivity index (χ4v) is 3.88. The molecule has 31 heavy (non-hydrogen) atoms. The van der Waals surface area contributed by atoms with Crippen LogP contribution >= 0.6 is 0 Å². The zero-order valence-corrected chi connectivity index (χ0v) is 17.3. The second kappa shape index (κ2) is 7.83. The number of anilines is 1. The van der Waals surface area contributed by atoms with Gasteiger partial charge >= 0.3 is 6.03 Å². The third-order valence-corrected chi connectivity index (χ3v) is 5.65. The van der Waals surface area contributed by atoms with Crippen molar-refractivity contribution in [2.24, 2.45) is 0 Å². The first kappa shape index (κ1) is 20.5. The Kier molecular flexibility index (Phi) is 5.19. The number of imide groups is 1. The van der Waals surface area contributed by atoms with Crippen molar-refractivity contribution in [2.45, 2.75) is 19.4 Å². The van der Waals surface area contributed by atoms with E-state index in [4.69, 9.17) is 0 Å².